The van der Waals surface area contributed by atoms with Gasteiger partial charge in [-0.2, -0.15) is 0 Å². The predicted molar refractivity (Wildman–Crippen MR) is 104 cm³/mol. The maximum Gasteiger partial charge on any atom is 0.321 e. The molecule has 0 aliphatic heterocycles. The number of carbonyl (C=O) groups excluding carboxylic acids is 1. The Bertz CT molecular complexity index is 677. The standard InChI is InChI=1S/C15H18ClIN4OS/c1-9(2)18-7-11-8-23-15(20-11)21-14(22)19-6-10-3-4-12(16)13(17)5-10/h3-5,8-9,18H,6-7H2,1-2H3,(H2,19,20,21,22). The maximum atomic E-state index is 11.9. The molecule has 8 heteroatoms. The van der Waals surface area contributed by atoms with Crippen molar-refractivity contribution in [1.29, 1.82) is 0 Å². The van der Waals surface area contributed by atoms with Crippen LogP contribution in [-0.2, 0) is 13.1 Å². The van der Waals surface area contributed by atoms with Crippen LogP contribution in [0, 0.1) is 3.57 Å². The number of hydrogen-bond donors (Lipinski definition) is 3. The van der Waals surface area contributed by atoms with Crippen LogP contribution >= 0.6 is 45.5 Å². The Morgan fingerprint density at radius 1 is 1.39 bits per heavy atom. The van der Waals surface area contributed by atoms with Gasteiger partial charge >= 0.3 is 6.03 Å². The van der Waals surface area contributed by atoms with E-state index in [0.717, 1.165) is 14.8 Å². The van der Waals surface area contributed by atoms with E-state index in [2.05, 4.69) is 57.4 Å². The molecule has 1 aromatic heterocycles. The smallest absolute Gasteiger partial charge is 0.321 e. The second kappa shape index (κ2) is 8.81. The molecule has 2 amide bonds. The minimum absolute atomic E-state index is 0.271. The lowest BCUT2D eigenvalue weighted by atomic mass is 10.2. The monoisotopic (exact) mass is 464 g/mol. The Kier molecular flexibility index (Phi) is 7.07. The van der Waals surface area contributed by atoms with Crippen molar-refractivity contribution in [2.45, 2.75) is 33.0 Å². The zero-order valence-corrected chi connectivity index (χ0v) is 16.6. The molecule has 0 bridgehead atoms. The number of anilines is 1. The molecule has 2 rings (SSSR count). The number of rotatable bonds is 6. The first kappa shape index (κ1) is 18.4. The van der Waals surface area contributed by atoms with Crippen LogP contribution in [0.25, 0.3) is 0 Å². The molecule has 0 saturated carbocycles. The van der Waals surface area contributed by atoms with Crippen LogP contribution < -0.4 is 16.0 Å². The predicted octanol–water partition coefficient (Wildman–Crippen LogP) is 4.22. The van der Waals surface area contributed by atoms with Crippen molar-refractivity contribution in [3.8, 4) is 0 Å². The summed E-state index contributed by atoms with van der Waals surface area (Å²) in [5, 5.41) is 12.1. The highest BCUT2D eigenvalue weighted by Crippen LogP contribution is 2.19. The molecule has 2 aromatic rings. The van der Waals surface area contributed by atoms with E-state index in [1.807, 2.05) is 23.6 Å². The first-order chi connectivity index (χ1) is 10.9. The molecule has 1 aromatic carbocycles. The molecule has 5 nitrogen and oxygen atoms in total. The van der Waals surface area contributed by atoms with Crippen molar-refractivity contribution >= 4 is 56.7 Å². The van der Waals surface area contributed by atoms with Gasteiger partial charge in [-0.05, 0) is 40.3 Å². The Morgan fingerprint density at radius 3 is 2.87 bits per heavy atom. The van der Waals surface area contributed by atoms with E-state index in [1.165, 1.54) is 11.3 Å². The van der Waals surface area contributed by atoms with E-state index < -0.39 is 0 Å². The number of nitrogens with zero attached hydrogens (tertiary/aromatic N) is 1. The Balaban J connectivity index is 1.81. The lowest BCUT2D eigenvalue weighted by Crippen LogP contribution is -2.28. The first-order valence-electron chi connectivity index (χ1n) is 7.10. The highest BCUT2D eigenvalue weighted by Gasteiger charge is 2.07. The van der Waals surface area contributed by atoms with Crippen molar-refractivity contribution in [3.05, 3.63) is 43.4 Å². The molecular weight excluding hydrogens is 447 g/mol. The number of urea groups is 1. The van der Waals surface area contributed by atoms with Gasteiger partial charge in [0.05, 0.1) is 10.7 Å². The van der Waals surface area contributed by atoms with Gasteiger partial charge in [0, 0.05) is 28.1 Å². The fraction of sp³-hybridized carbons (Fsp3) is 0.333. The van der Waals surface area contributed by atoms with Gasteiger partial charge in [0.1, 0.15) is 0 Å². The highest BCUT2D eigenvalue weighted by atomic mass is 127. The zero-order chi connectivity index (χ0) is 16.8. The number of aromatic nitrogens is 1. The summed E-state index contributed by atoms with van der Waals surface area (Å²) < 4.78 is 0.964. The average Bonchev–Trinajstić information content (AvgIpc) is 2.94. The highest BCUT2D eigenvalue weighted by molar-refractivity contribution is 14.1. The van der Waals surface area contributed by atoms with E-state index in [0.29, 0.717) is 29.3 Å². The number of nitrogens with one attached hydrogen (secondary N) is 3. The fourth-order valence-corrected chi connectivity index (χ4v) is 3.13. The second-order valence-corrected chi connectivity index (χ2v) is 7.66. The van der Waals surface area contributed by atoms with E-state index in [1.54, 1.807) is 0 Å². The summed E-state index contributed by atoms with van der Waals surface area (Å²) in [7, 11) is 0. The van der Waals surface area contributed by atoms with Crippen LogP contribution in [0.5, 0.6) is 0 Å². The van der Waals surface area contributed by atoms with Gasteiger partial charge in [-0.1, -0.05) is 31.5 Å². The third-order valence-corrected chi connectivity index (χ3v) is 5.25. The van der Waals surface area contributed by atoms with Gasteiger partial charge in [-0.25, -0.2) is 9.78 Å². The summed E-state index contributed by atoms with van der Waals surface area (Å²) >= 11 is 9.56. The molecule has 0 aliphatic rings. The minimum Gasteiger partial charge on any atom is -0.334 e. The molecule has 0 radical (unpaired) electrons. The topological polar surface area (TPSA) is 66.0 Å². The molecule has 0 unspecified atom stereocenters. The van der Waals surface area contributed by atoms with Crippen molar-refractivity contribution in [2.24, 2.45) is 0 Å². The molecule has 0 saturated heterocycles. The number of carbonyl (C=O) groups is 1. The third-order valence-electron chi connectivity index (χ3n) is 2.90. The Hall–Kier alpha value is -0.900. The number of halogens is 2. The Labute approximate surface area is 158 Å². The van der Waals surface area contributed by atoms with Gasteiger partial charge < -0.3 is 10.6 Å². The van der Waals surface area contributed by atoms with Crippen LogP contribution in [0.2, 0.25) is 5.02 Å². The molecule has 1 heterocycles. The van der Waals surface area contributed by atoms with Crippen LogP contribution in [0.4, 0.5) is 9.93 Å². The summed E-state index contributed by atoms with van der Waals surface area (Å²) in [6, 6.07) is 5.80. The van der Waals surface area contributed by atoms with E-state index in [-0.39, 0.29) is 6.03 Å². The first-order valence-corrected chi connectivity index (χ1v) is 9.44. The van der Waals surface area contributed by atoms with Gasteiger partial charge in [-0.15, -0.1) is 11.3 Å². The fourth-order valence-electron chi connectivity index (χ4n) is 1.73. The maximum absolute atomic E-state index is 11.9. The summed E-state index contributed by atoms with van der Waals surface area (Å²) in [5.41, 5.74) is 1.92. The van der Waals surface area contributed by atoms with E-state index in [9.17, 15) is 4.79 Å². The number of hydrogen-bond acceptors (Lipinski definition) is 4. The van der Waals surface area contributed by atoms with Crippen LogP contribution in [0.15, 0.2) is 23.6 Å². The lowest BCUT2D eigenvalue weighted by molar-refractivity contribution is 0.251. The molecule has 124 valence electrons. The summed E-state index contributed by atoms with van der Waals surface area (Å²) in [4.78, 5) is 16.3. The van der Waals surface area contributed by atoms with Crippen LogP contribution in [0.1, 0.15) is 25.1 Å². The number of benzene rings is 1. The molecular formula is C15H18ClIN4OS. The van der Waals surface area contributed by atoms with E-state index >= 15 is 0 Å². The third kappa shape index (κ3) is 6.25. The summed E-state index contributed by atoms with van der Waals surface area (Å²) in [5.74, 6) is 0. The molecule has 0 aliphatic carbocycles. The summed E-state index contributed by atoms with van der Waals surface area (Å²) in [6.45, 7) is 5.29. The molecule has 3 N–H and O–H groups in total. The van der Waals surface area contributed by atoms with Crippen molar-refractivity contribution < 1.29 is 4.79 Å². The second-order valence-electron chi connectivity index (χ2n) is 5.24. The quantitative estimate of drug-likeness (QED) is 0.561. The van der Waals surface area contributed by atoms with Gasteiger partial charge in [0.15, 0.2) is 5.13 Å². The molecule has 0 atom stereocenters. The Morgan fingerprint density at radius 2 is 2.17 bits per heavy atom. The number of thiazole rings is 1. The molecule has 23 heavy (non-hydrogen) atoms. The molecule has 0 spiro atoms. The van der Waals surface area contributed by atoms with Gasteiger partial charge in [0.2, 0.25) is 0 Å². The minimum atomic E-state index is -0.271. The SMILES string of the molecule is CC(C)NCc1csc(NC(=O)NCc2ccc(Cl)c(I)c2)n1. The van der Waals surface area contributed by atoms with Gasteiger partial charge in [-0.3, -0.25) is 5.32 Å². The average molecular weight is 465 g/mol. The number of amides is 2. The van der Waals surface area contributed by atoms with E-state index in [4.69, 9.17) is 11.6 Å². The zero-order valence-electron chi connectivity index (χ0n) is 12.8. The van der Waals surface area contributed by atoms with Crippen LogP contribution in [0.3, 0.4) is 0 Å². The summed E-state index contributed by atoms with van der Waals surface area (Å²) in [6.07, 6.45) is 0. The normalized spacial score (nSPS) is 10.8. The largest absolute Gasteiger partial charge is 0.334 e. The lowest BCUT2D eigenvalue weighted by Gasteiger charge is -2.07. The van der Waals surface area contributed by atoms with Crippen molar-refractivity contribution in [2.75, 3.05) is 5.32 Å². The molecule has 0 fully saturated rings. The van der Waals surface area contributed by atoms with Crippen LogP contribution in [-0.4, -0.2) is 17.1 Å². The van der Waals surface area contributed by atoms with Crippen molar-refractivity contribution in [1.82, 2.24) is 15.6 Å². The van der Waals surface area contributed by atoms with Gasteiger partial charge in [0.25, 0.3) is 0 Å². The van der Waals surface area contributed by atoms with Crippen molar-refractivity contribution in [3.63, 3.8) is 0 Å².